The zero-order valence-corrected chi connectivity index (χ0v) is 14.5. The summed E-state index contributed by atoms with van der Waals surface area (Å²) in [6.45, 7) is 0.374. The molecule has 4 rings (SSSR count). The van der Waals surface area contributed by atoms with E-state index in [2.05, 4.69) is 29.6 Å². The topological polar surface area (TPSA) is 58.6 Å². The summed E-state index contributed by atoms with van der Waals surface area (Å²) in [5, 5.41) is 12.0. The van der Waals surface area contributed by atoms with E-state index in [0.717, 1.165) is 17.2 Å². The summed E-state index contributed by atoms with van der Waals surface area (Å²) < 4.78 is 18.5. The second-order valence-corrected chi connectivity index (χ2v) is 6.46. The van der Waals surface area contributed by atoms with Gasteiger partial charge in [-0.1, -0.05) is 54.6 Å². The number of nitrogens with one attached hydrogen (secondary N) is 1. The summed E-state index contributed by atoms with van der Waals surface area (Å²) in [5.74, 6) is -1.14. The highest BCUT2D eigenvalue weighted by Gasteiger charge is 2.28. The van der Waals surface area contributed by atoms with E-state index >= 15 is 0 Å². The smallest absolute Gasteiger partial charge is 0.407 e. The van der Waals surface area contributed by atoms with E-state index in [9.17, 15) is 14.3 Å². The molecule has 27 heavy (non-hydrogen) atoms. The molecule has 0 aromatic heterocycles. The fourth-order valence-corrected chi connectivity index (χ4v) is 3.49. The highest BCUT2D eigenvalue weighted by atomic mass is 19.1. The Hall–Kier alpha value is -3.34. The maximum Gasteiger partial charge on any atom is 0.407 e. The number of hydrogen-bond donors (Lipinski definition) is 2. The summed E-state index contributed by atoms with van der Waals surface area (Å²) in [4.78, 5) is 12.1. The lowest BCUT2D eigenvalue weighted by atomic mass is 9.98. The van der Waals surface area contributed by atoms with Crippen molar-refractivity contribution in [2.45, 2.75) is 12.5 Å². The number of fused-ring (bicyclic) bond motifs is 3. The summed E-state index contributed by atoms with van der Waals surface area (Å²) in [6.07, 6.45) is -0.555. The van der Waals surface area contributed by atoms with Crippen LogP contribution < -0.4 is 5.32 Å². The molecule has 0 fully saturated rings. The Bertz CT molecular complexity index is 957. The highest BCUT2D eigenvalue weighted by Crippen LogP contribution is 2.44. The van der Waals surface area contributed by atoms with Crippen molar-refractivity contribution in [1.29, 1.82) is 0 Å². The Kier molecular flexibility index (Phi) is 4.50. The lowest BCUT2D eigenvalue weighted by Crippen LogP contribution is -2.25. The molecular formula is C22H18FNO3. The van der Waals surface area contributed by atoms with Gasteiger partial charge in [0.05, 0.1) is 0 Å². The number of phenols is 1. The molecule has 4 nitrogen and oxygen atoms in total. The van der Waals surface area contributed by atoms with Crippen LogP contribution >= 0.6 is 0 Å². The zero-order valence-electron chi connectivity index (χ0n) is 14.5. The van der Waals surface area contributed by atoms with Crippen LogP contribution in [0, 0.1) is 5.82 Å². The third kappa shape index (κ3) is 3.36. The quantitative estimate of drug-likeness (QED) is 0.714. The molecule has 1 aliphatic carbocycles. The first kappa shape index (κ1) is 17.1. The molecule has 136 valence electrons. The number of carbonyl (C=O) groups excluding carboxylic acids is 1. The molecular weight excluding hydrogens is 345 g/mol. The van der Waals surface area contributed by atoms with Gasteiger partial charge >= 0.3 is 6.09 Å². The number of halogens is 1. The van der Waals surface area contributed by atoms with Crippen LogP contribution in [0.5, 0.6) is 5.75 Å². The van der Waals surface area contributed by atoms with Crippen LogP contribution in [0.4, 0.5) is 9.18 Å². The number of aromatic hydroxyl groups is 1. The molecule has 0 atom stereocenters. The van der Waals surface area contributed by atoms with Crippen molar-refractivity contribution in [3.8, 4) is 16.9 Å². The monoisotopic (exact) mass is 363 g/mol. The molecule has 3 aromatic carbocycles. The number of alkyl carbamates (subject to hydrolysis) is 1. The first-order valence-corrected chi connectivity index (χ1v) is 8.69. The van der Waals surface area contributed by atoms with Crippen LogP contribution in [-0.2, 0) is 11.3 Å². The van der Waals surface area contributed by atoms with Crippen LogP contribution in [0.1, 0.15) is 22.6 Å². The lowest BCUT2D eigenvalue weighted by molar-refractivity contribution is 0.142. The van der Waals surface area contributed by atoms with Crippen molar-refractivity contribution < 1.29 is 19.0 Å². The standard InChI is InChI=1S/C22H18FNO3/c23-20-10-9-14(11-21(20)25)12-24-22(26)27-13-19-17-7-3-1-5-15(17)16-6-2-4-8-18(16)19/h1-11,19,25H,12-13H2,(H,24,26). The molecule has 0 saturated heterocycles. The number of carbonyl (C=O) groups is 1. The molecule has 3 aromatic rings. The first-order valence-electron chi connectivity index (χ1n) is 8.69. The minimum Gasteiger partial charge on any atom is -0.505 e. The largest absolute Gasteiger partial charge is 0.505 e. The van der Waals surface area contributed by atoms with Crippen LogP contribution in [0.25, 0.3) is 11.1 Å². The normalized spacial score (nSPS) is 12.3. The molecule has 0 saturated carbocycles. The Labute approximate surface area is 156 Å². The average molecular weight is 363 g/mol. The molecule has 2 N–H and O–H groups in total. The predicted molar refractivity (Wildman–Crippen MR) is 100.0 cm³/mol. The van der Waals surface area contributed by atoms with Gasteiger partial charge in [0.2, 0.25) is 0 Å². The van der Waals surface area contributed by atoms with Gasteiger partial charge in [-0.25, -0.2) is 9.18 Å². The molecule has 0 bridgehead atoms. The van der Waals surface area contributed by atoms with Gasteiger partial charge in [-0.05, 0) is 39.9 Å². The Morgan fingerprint density at radius 1 is 1.00 bits per heavy atom. The minimum absolute atomic E-state index is 0.00184. The van der Waals surface area contributed by atoms with Crippen LogP contribution in [0.15, 0.2) is 66.7 Å². The molecule has 0 aliphatic heterocycles. The van der Waals surface area contributed by atoms with E-state index in [-0.39, 0.29) is 19.1 Å². The van der Waals surface area contributed by atoms with Crippen molar-refractivity contribution in [3.05, 3.63) is 89.2 Å². The van der Waals surface area contributed by atoms with Gasteiger partial charge < -0.3 is 15.2 Å². The lowest BCUT2D eigenvalue weighted by Gasteiger charge is -2.14. The Balaban J connectivity index is 1.41. The first-order chi connectivity index (χ1) is 13.1. The van der Waals surface area contributed by atoms with Gasteiger partial charge in [0, 0.05) is 12.5 Å². The second kappa shape index (κ2) is 7.11. The van der Waals surface area contributed by atoms with Gasteiger partial charge in [0.1, 0.15) is 6.61 Å². The summed E-state index contributed by atoms with van der Waals surface area (Å²) in [7, 11) is 0. The van der Waals surface area contributed by atoms with Crippen molar-refractivity contribution in [2.75, 3.05) is 6.61 Å². The van der Waals surface area contributed by atoms with E-state index in [0.29, 0.717) is 5.56 Å². The van der Waals surface area contributed by atoms with Crippen LogP contribution in [0.3, 0.4) is 0 Å². The molecule has 0 unspecified atom stereocenters. The summed E-state index contributed by atoms with van der Waals surface area (Å²) in [6, 6.07) is 20.2. The van der Waals surface area contributed by atoms with E-state index in [1.807, 2.05) is 24.3 Å². The fourth-order valence-electron chi connectivity index (χ4n) is 3.49. The van der Waals surface area contributed by atoms with Crippen molar-refractivity contribution in [1.82, 2.24) is 5.32 Å². The average Bonchev–Trinajstić information content (AvgIpc) is 3.01. The van der Waals surface area contributed by atoms with E-state index < -0.39 is 17.7 Å². The summed E-state index contributed by atoms with van der Waals surface area (Å²) >= 11 is 0. The molecule has 0 heterocycles. The van der Waals surface area contributed by atoms with E-state index in [1.165, 1.54) is 23.3 Å². The fraction of sp³-hybridized carbons (Fsp3) is 0.136. The highest BCUT2D eigenvalue weighted by molar-refractivity contribution is 5.79. The van der Waals surface area contributed by atoms with Crippen molar-refractivity contribution in [2.24, 2.45) is 0 Å². The predicted octanol–water partition coefficient (Wildman–Crippen LogP) is 4.57. The van der Waals surface area contributed by atoms with Crippen molar-refractivity contribution >= 4 is 6.09 Å². The van der Waals surface area contributed by atoms with Gasteiger partial charge in [-0.15, -0.1) is 0 Å². The van der Waals surface area contributed by atoms with E-state index in [1.54, 1.807) is 0 Å². The number of rotatable bonds is 4. The molecule has 0 spiro atoms. The Morgan fingerprint density at radius 2 is 1.63 bits per heavy atom. The summed E-state index contributed by atoms with van der Waals surface area (Å²) in [5.41, 5.74) is 5.22. The number of ether oxygens (including phenoxy) is 1. The van der Waals surface area contributed by atoms with Crippen LogP contribution in [0.2, 0.25) is 0 Å². The zero-order chi connectivity index (χ0) is 18.8. The van der Waals surface area contributed by atoms with Crippen LogP contribution in [-0.4, -0.2) is 17.8 Å². The molecule has 5 heteroatoms. The van der Waals surface area contributed by atoms with Gasteiger partial charge in [-0.3, -0.25) is 0 Å². The van der Waals surface area contributed by atoms with E-state index in [4.69, 9.17) is 4.74 Å². The number of benzene rings is 3. The molecule has 1 aliphatic rings. The second-order valence-electron chi connectivity index (χ2n) is 6.46. The third-order valence-electron chi connectivity index (χ3n) is 4.79. The maximum absolute atomic E-state index is 13.1. The van der Waals surface area contributed by atoms with Gasteiger partial charge in [0.25, 0.3) is 0 Å². The number of phenolic OH excluding ortho intramolecular Hbond substituents is 1. The Morgan fingerprint density at radius 3 is 2.26 bits per heavy atom. The molecule has 0 radical (unpaired) electrons. The number of hydrogen-bond acceptors (Lipinski definition) is 3. The van der Waals surface area contributed by atoms with Crippen molar-refractivity contribution in [3.63, 3.8) is 0 Å². The maximum atomic E-state index is 13.1. The van der Waals surface area contributed by atoms with Gasteiger partial charge in [-0.2, -0.15) is 0 Å². The number of amides is 1. The van der Waals surface area contributed by atoms with Gasteiger partial charge in [0.15, 0.2) is 11.6 Å². The minimum atomic E-state index is -0.695. The molecule has 1 amide bonds. The SMILES string of the molecule is O=C(NCc1ccc(F)c(O)c1)OCC1c2ccccc2-c2ccccc21. The third-order valence-corrected chi connectivity index (χ3v) is 4.79.